The van der Waals surface area contributed by atoms with Gasteiger partial charge in [0.15, 0.2) is 6.10 Å². The van der Waals surface area contributed by atoms with E-state index in [9.17, 15) is 14.4 Å². The van der Waals surface area contributed by atoms with Gasteiger partial charge in [0.2, 0.25) is 0 Å². The molecule has 1 atom stereocenters. The summed E-state index contributed by atoms with van der Waals surface area (Å²) >= 11 is 0. The van der Waals surface area contributed by atoms with Crippen LogP contribution in [0.5, 0.6) is 0 Å². The Morgan fingerprint density at radius 3 is 0.735 bits per heavy atom. The standard InChI is InChI=1S/C77H136O6/c1-4-7-10-13-16-19-21-23-25-27-29-31-32-33-34-35-36-37-38-39-40-41-42-43-44-46-47-49-51-53-55-58-61-64-67-70-76(79)82-73-74(72-81-75(78)69-66-63-60-57-18-15-12-9-6-3)83-77(80)71-68-65-62-59-56-54-52-50-48-45-30-28-26-24-22-20-17-14-11-8-5-2/h7,10,16,19,23,25,29,31,33-34,36-37,39-40,74H,4-6,8-9,11-15,17-18,20-22,24,26-28,30,32,35,38,41-73H2,1-3H3/b10-7-,19-16-,25-23-,31-29-,34-33-,37-36-,40-39-. The molecule has 0 N–H and O–H groups in total. The number of hydrogen-bond donors (Lipinski definition) is 0. The summed E-state index contributed by atoms with van der Waals surface area (Å²) in [6.07, 6.45) is 94.9. The highest BCUT2D eigenvalue weighted by Crippen LogP contribution is 2.18. The summed E-state index contributed by atoms with van der Waals surface area (Å²) in [5.74, 6) is -0.852. The summed E-state index contributed by atoms with van der Waals surface area (Å²) in [6, 6.07) is 0. The second-order valence-electron chi connectivity index (χ2n) is 24.1. The number of carbonyl (C=O) groups is 3. The number of hydrogen-bond acceptors (Lipinski definition) is 6. The Balaban J connectivity index is 4.09. The summed E-state index contributed by atoms with van der Waals surface area (Å²) < 4.78 is 16.9. The largest absolute Gasteiger partial charge is 0.462 e. The molecular weight excluding hydrogens is 1020 g/mol. The molecule has 0 heterocycles. The zero-order valence-electron chi connectivity index (χ0n) is 55.2. The number of esters is 3. The van der Waals surface area contributed by atoms with E-state index in [0.717, 1.165) is 103 Å². The van der Waals surface area contributed by atoms with Gasteiger partial charge >= 0.3 is 17.9 Å². The Morgan fingerprint density at radius 1 is 0.253 bits per heavy atom. The highest BCUT2D eigenvalue weighted by molar-refractivity contribution is 5.71. The average molecular weight is 1160 g/mol. The van der Waals surface area contributed by atoms with Gasteiger partial charge in [0.05, 0.1) is 0 Å². The minimum Gasteiger partial charge on any atom is -0.462 e. The number of ether oxygens (including phenoxy) is 3. The van der Waals surface area contributed by atoms with Gasteiger partial charge in [0.1, 0.15) is 13.2 Å². The molecule has 0 aromatic rings. The Kier molecular flexibility index (Phi) is 68.2. The van der Waals surface area contributed by atoms with Gasteiger partial charge in [0, 0.05) is 19.3 Å². The first kappa shape index (κ1) is 79.6. The third-order valence-electron chi connectivity index (χ3n) is 15.9. The van der Waals surface area contributed by atoms with Gasteiger partial charge < -0.3 is 14.2 Å². The summed E-state index contributed by atoms with van der Waals surface area (Å²) in [5, 5.41) is 0. The zero-order chi connectivity index (χ0) is 59.9. The number of allylic oxidation sites excluding steroid dienone is 14. The summed E-state index contributed by atoms with van der Waals surface area (Å²) in [5.41, 5.74) is 0. The van der Waals surface area contributed by atoms with Gasteiger partial charge in [-0.1, -0.05) is 356 Å². The van der Waals surface area contributed by atoms with Crippen molar-refractivity contribution >= 4 is 17.9 Å². The molecule has 0 aliphatic rings. The molecule has 0 radical (unpaired) electrons. The second kappa shape index (κ2) is 71.1. The predicted molar refractivity (Wildman–Crippen MR) is 362 cm³/mol. The summed E-state index contributed by atoms with van der Waals surface area (Å²) in [6.45, 7) is 6.56. The van der Waals surface area contributed by atoms with E-state index in [1.807, 2.05) is 0 Å². The van der Waals surface area contributed by atoms with Crippen molar-refractivity contribution in [2.24, 2.45) is 0 Å². The molecule has 0 aromatic heterocycles. The maximum Gasteiger partial charge on any atom is 0.306 e. The van der Waals surface area contributed by atoms with Crippen molar-refractivity contribution in [3.05, 3.63) is 85.1 Å². The van der Waals surface area contributed by atoms with Crippen LogP contribution in [0.1, 0.15) is 367 Å². The van der Waals surface area contributed by atoms with Crippen LogP contribution in [-0.2, 0) is 28.6 Å². The van der Waals surface area contributed by atoms with Crippen LogP contribution >= 0.6 is 0 Å². The van der Waals surface area contributed by atoms with E-state index in [-0.39, 0.29) is 31.1 Å². The summed E-state index contributed by atoms with van der Waals surface area (Å²) in [4.78, 5) is 38.3. The van der Waals surface area contributed by atoms with Crippen LogP contribution in [-0.4, -0.2) is 37.2 Å². The zero-order valence-corrected chi connectivity index (χ0v) is 55.2. The lowest BCUT2D eigenvalue weighted by atomic mass is 10.0. The minimum absolute atomic E-state index is 0.0697. The molecule has 0 spiro atoms. The fourth-order valence-electron chi connectivity index (χ4n) is 10.5. The van der Waals surface area contributed by atoms with Gasteiger partial charge in [0.25, 0.3) is 0 Å². The van der Waals surface area contributed by atoms with E-state index >= 15 is 0 Å². The van der Waals surface area contributed by atoms with Crippen molar-refractivity contribution in [1.82, 2.24) is 0 Å². The molecule has 0 saturated carbocycles. The van der Waals surface area contributed by atoms with Crippen molar-refractivity contribution in [1.29, 1.82) is 0 Å². The van der Waals surface area contributed by atoms with Crippen LogP contribution in [0.4, 0.5) is 0 Å². The molecule has 0 bridgehead atoms. The maximum atomic E-state index is 12.9. The van der Waals surface area contributed by atoms with Crippen molar-refractivity contribution < 1.29 is 28.6 Å². The summed E-state index contributed by atoms with van der Waals surface area (Å²) in [7, 11) is 0. The fourth-order valence-corrected chi connectivity index (χ4v) is 10.5. The van der Waals surface area contributed by atoms with Gasteiger partial charge in [-0.15, -0.1) is 0 Å². The molecule has 6 nitrogen and oxygen atoms in total. The van der Waals surface area contributed by atoms with Crippen LogP contribution in [0.15, 0.2) is 85.1 Å². The minimum atomic E-state index is -0.772. The molecule has 0 amide bonds. The quantitative estimate of drug-likeness (QED) is 0.0261. The smallest absolute Gasteiger partial charge is 0.306 e. The molecule has 480 valence electrons. The van der Waals surface area contributed by atoms with Crippen LogP contribution in [0.25, 0.3) is 0 Å². The number of carbonyl (C=O) groups excluding carboxylic acids is 3. The van der Waals surface area contributed by atoms with Gasteiger partial charge in [-0.2, -0.15) is 0 Å². The van der Waals surface area contributed by atoms with Crippen LogP contribution in [0.2, 0.25) is 0 Å². The highest BCUT2D eigenvalue weighted by atomic mass is 16.6. The SMILES string of the molecule is CC/C=C\C/C=C\C/C=C\C/C=C\C/C=C\C/C=C\C/C=C\CCCCCCCCCCCCCCCC(=O)OCC(COC(=O)CCCCCCCCCCC)OC(=O)CCCCCCCCCCCCCCCCCCCCCCC. The molecule has 0 fully saturated rings. The predicted octanol–water partition coefficient (Wildman–Crippen LogP) is 25.0. The van der Waals surface area contributed by atoms with Crippen LogP contribution in [0, 0.1) is 0 Å². The van der Waals surface area contributed by atoms with E-state index in [1.165, 1.54) is 225 Å². The fraction of sp³-hybridized carbons (Fsp3) is 0.779. The van der Waals surface area contributed by atoms with Crippen LogP contribution < -0.4 is 0 Å². The molecule has 0 rings (SSSR count). The first-order chi connectivity index (χ1) is 41.0. The topological polar surface area (TPSA) is 78.9 Å². The van der Waals surface area contributed by atoms with Crippen molar-refractivity contribution in [3.63, 3.8) is 0 Å². The molecule has 0 aliphatic carbocycles. The first-order valence-corrected chi connectivity index (χ1v) is 36.1. The Morgan fingerprint density at radius 2 is 0.470 bits per heavy atom. The maximum absolute atomic E-state index is 12.9. The monoisotopic (exact) mass is 1160 g/mol. The number of rotatable bonds is 66. The average Bonchev–Trinajstić information content (AvgIpc) is 3.49. The molecule has 0 saturated heterocycles. The third kappa shape index (κ3) is 69.3. The van der Waals surface area contributed by atoms with Crippen molar-refractivity contribution in [2.45, 2.75) is 374 Å². The molecule has 0 aromatic carbocycles. The van der Waals surface area contributed by atoms with Gasteiger partial charge in [-0.05, 0) is 77.0 Å². The lowest BCUT2D eigenvalue weighted by Gasteiger charge is -2.18. The first-order valence-electron chi connectivity index (χ1n) is 36.1. The normalized spacial score (nSPS) is 12.6. The van der Waals surface area contributed by atoms with E-state index in [2.05, 4.69) is 106 Å². The highest BCUT2D eigenvalue weighted by Gasteiger charge is 2.19. The lowest BCUT2D eigenvalue weighted by molar-refractivity contribution is -0.167. The molecule has 0 aliphatic heterocycles. The number of unbranched alkanes of at least 4 members (excludes halogenated alkanes) is 41. The third-order valence-corrected chi connectivity index (χ3v) is 15.9. The van der Waals surface area contributed by atoms with E-state index < -0.39 is 6.10 Å². The molecule has 1 unspecified atom stereocenters. The molecular formula is C77H136O6. The second-order valence-corrected chi connectivity index (χ2v) is 24.1. The van der Waals surface area contributed by atoms with E-state index in [0.29, 0.717) is 19.3 Å². The lowest BCUT2D eigenvalue weighted by Crippen LogP contribution is -2.30. The Labute approximate surface area is 515 Å². The van der Waals surface area contributed by atoms with E-state index in [4.69, 9.17) is 14.2 Å². The molecule has 6 heteroatoms. The Hall–Kier alpha value is -3.41. The van der Waals surface area contributed by atoms with Gasteiger partial charge in [-0.25, -0.2) is 0 Å². The van der Waals surface area contributed by atoms with Crippen molar-refractivity contribution in [3.8, 4) is 0 Å². The molecule has 83 heavy (non-hydrogen) atoms. The van der Waals surface area contributed by atoms with Crippen LogP contribution in [0.3, 0.4) is 0 Å². The van der Waals surface area contributed by atoms with Gasteiger partial charge in [-0.3, -0.25) is 14.4 Å². The van der Waals surface area contributed by atoms with Crippen molar-refractivity contribution in [2.75, 3.05) is 13.2 Å². The van der Waals surface area contributed by atoms with E-state index in [1.54, 1.807) is 0 Å². The Bertz CT molecular complexity index is 1570.